The summed E-state index contributed by atoms with van der Waals surface area (Å²) in [6, 6.07) is 6.62. The number of rotatable bonds is 5. The number of hydrogen-bond donors (Lipinski definition) is 1. The van der Waals surface area contributed by atoms with Gasteiger partial charge < -0.3 is 5.73 Å². The third-order valence-corrected chi connectivity index (χ3v) is 3.43. The molecule has 1 rings (SSSR count). The maximum atomic E-state index is 12.6. The Morgan fingerprint density at radius 1 is 1.27 bits per heavy atom. The molecule has 0 aliphatic heterocycles. The number of hydrogen-bond acceptors (Lipinski definition) is 2. The van der Waals surface area contributed by atoms with Crippen LogP contribution < -0.4 is 5.73 Å². The number of benzene rings is 1. The van der Waals surface area contributed by atoms with E-state index in [0.717, 1.165) is 17.1 Å². The van der Waals surface area contributed by atoms with Gasteiger partial charge >= 0.3 is 0 Å². The molecule has 0 atom stereocenters. The molecule has 0 amide bonds. The van der Waals surface area contributed by atoms with Gasteiger partial charge in [0, 0.05) is 4.90 Å². The Kier molecular flexibility index (Phi) is 4.61. The molecule has 2 N–H and O–H groups in total. The molecule has 1 aromatic carbocycles. The third-order valence-electron chi connectivity index (χ3n) is 2.41. The zero-order valence-electron chi connectivity index (χ0n) is 9.29. The first-order chi connectivity index (χ1) is 7.03. The fraction of sp³-hybridized carbons (Fsp3) is 0.500. The number of thioether (sulfide) groups is 1. The highest BCUT2D eigenvalue weighted by atomic mass is 32.2. The predicted octanol–water partition coefficient (Wildman–Crippen LogP) is 3.29. The molecule has 0 aliphatic rings. The summed E-state index contributed by atoms with van der Waals surface area (Å²) in [5.74, 6) is 0.845. The molecule has 0 aromatic heterocycles. The molecule has 0 aliphatic carbocycles. The Morgan fingerprint density at radius 3 is 2.40 bits per heavy atom. The summed E-state index contributed by atoms with van der Waals surface area (Å²) in [5, 5.41) is 0. The van der Waals surface area contributed by atoms with Gasteiger partial charge in [0.2, 0.25) is 0 Å². The van der Waals surface area contributed by atoms with Crippen LogP contribution in [0.25, 0.3) is 0 Å². The van der Waals surface area contributed by atoms with E-state index in [4.69, 9.17) is 5.73 Å². The predicted molar refractivity (Wildman–Crippen MR) is 64.6 cm³/mol. The first-order valence-corrected chi connectivity index (χ1v) is 6.10. The van der Waals surface area contributed by atoms with Gasteiger partial charge in [-0.25, -0.2) is 4.39 Å². The Balaban J connectivity index is 2.35. The fourth-order valence-electron chi connectivity index (χ4n) is 1.08. The average molecular weight is 227 g/mol. The van der Waals surface area contributed by atoms with Gasteiger partial charge in [-0.05, 0) is 48.4 Å². The molecular formula is C12H18FNS. The van der Waals surface area contributed by atoms with Crippen molar-refractivity contribution in [2.45, 2.75) is 25.2 Å². The van der Waals surface area contributed by atoms with E-state index in [1.807, 2.05) is 12.1 Å². The van der Waals surface area contributed by atoms with E-state index in [0.29, 0.717) is 6.54 Å². The first-order valence-electron chi connectivity index (χ1n) is 5.12. The molecule has 84 valence electrons. The quantitative estimate of drug-likeness (QED) is 0.781. The third kappa shape index (κ3) is 4.67. The van der Waals surface area contributed by atoms with Crippen LogP contribution in [-0.4, -0.2) is 12.3 Å². The maximum Gasteiger partial charge on any atom is 0.123 e. The molecule has 0 unspecified atom stereocenters. The van der Waals surface area contributed by atoms with Crippen LogP contribution in [0.1, 0.15) is 20.3 Å². The van der Waals surface area contributed by atoms with Crippen molar-refractivity contribution in [3.63, 3.8) is 0 Å². The van der Waals surface area contributed by atoms with E-state index in [1.165, 1.54) is 12.1 Å². The number of nitrogens with two attached hydrogens (primary N) is 1. The summed E-state index contributed by atoms with van der Waals surface area (Å²) in [7, 11) is 0. The lowest BCUT2D eigenvalue weighted by molar-refractivity contribution is 0.368. The summed E-state index contributed by atoms with van der Waals surface area (Å²) in [4.78, 5) is 1.12. The van der Waals surface area contributed by atoms with Crippen LogP contribution in [0.4, 0.5) is 4.39 Å². The van der Waals surface area contributed by atoms with Crippen LogP contribution >= 0.6 is 11.8 Å². The molecule has 0 saturated carbocycles. The lowest BCUT2D eigenvalue weighted by atomic mass is 9.91. The van der Waals surface area contributed by atoms with Gasteiger partial charge in [0.15, 0.2) is 0 Å². The van der Waals surface area contributed by atoms with E-state index in [-0.39, 0.29) is 11.2 Å². The zero-order valence-corrected chi connectivity index (χ0v) is 10.1. The van der Waals surface area contributed by atoms with E-state index >= 15 is 0 Å². The largest absolute Gasteiger partial charge is 0.330 e. The van der Waals surface area contributed by atoms with Crippen molar-refractivity contribution in [3.8, 4) is 0 Å². The van der Waals surface area contributed by atoms with Crippen molar-refractivity contribution >= 4 is 11.8 Å². The smallest absolute Gasteiger partial charge is 0.123 e. The standard InChI is InChI=1S/C12H18FNS/c1-12(2,9-14)7-8-15-11-5-3-10(13)4-6-11/h3-6H,7-9,14H2,1-2H3. The van der Waals surface area contributed by atoms with Crippen LogP contribution in [0, 0.1) is 11.2 Å². The van der Waals surface area contributed by atoms with Crippen molar-refractivity contribution in [2.24, 2.45) is 11.1 Å². The Morgan fingerprint density at radius 2 is 1.87 bits per heavy atom. The van der Waals surface area contributed by atoms with Crippen LogP contribution in [-0.2, 0) is 0 Å². The summed E-state index contributed by atoms with van der Waals surface area (Å²) in [6.45, 7) is 5.04. The lowest BCUT2D eigenvalue weighted by Gasteiger charge is -2.21. The molecule has 0 bridgehead atoms. The summed E-state index contributed by atoms with van der Waals surface area (Å²) in [5.41, 5.74) is 5.85. The second-order valence-electron chi connectivity index (χ2n) is 4.42. The SMILES string of the molecule is CC(C)(CN)CCSc1ccc(F)cc1. The van der Waals surface area contributed by atoms with Crippen LogP contribution in [0.2, 0.25) is 0 Å². The fourth-order valence-corrected chi connectivity index (χ4v) is 2.30. The van der Waals surface area contributed by atoms with Gasteiger partial charge in [-0.2, -0.15) is 0 Å². The van der Waals surface area contributed by atoms with E-state index < -0.39 is 0 Å². The Labute approximate surface area is 95.2 Å². The van der Waals surface area contributed by atoms with Gasteiger partial charge in [-0.15, -0.1) is 11.8 Å². The van der Waals surface area contributed by atoms with Gasteiger partial charge in [0.05, 0.1) is 0 Å². The summed E-state index contributed by atoms with van der Waals surface area (Å²) >= 11 is 1.75. The second-order valence-corrected chi connectivity index (χ2v) is 5.59. The minimum absolute atomic E-state index is 0.179. The first kappa shape index (κ1) is 12.5. The minimum atomic E-state index is -0.179. The van der Waals surface area contributed by atoms with Crippen molar-refractivity contribution in [2.75, 3.05) is 12.3 Å². The van der Waals surface area contributed by atoms with Gasteiger partial charge in [-0.1, -0.05) is 13.8 Å². The molecule has 15 heavy (non-hydrogen) atoms. The lowest BCUT2D eigenvalue weighted by Crippen LogP contribution is -2.23. The van der Waals surface area contributed by atoms with Gasteiger partial charge in [-0.3, -0.25) is 0 Å². The molecule has 0 heterocycles. The van der Waals surface area contributed by atoms with Gasteiger partial charge in [0.1, 0.15) is 5.82 Å². The van der Waals surface area contributed by atoms with Crippen LogP contribution in [0.3, 0.4) is 0 Å². The highest BCUT2D eigenvalue weighted by Crippen LogP contribution is 2.25. The Hall–Kier alpha value is -0.540. The van der Waals surface area contributed by atoms with E-state index in [2.05, 4.69) is 13.8 Å². The van der Waals surface area contributed by atoms with Crippen molar-refractivity contribution in [1.29, 1.82) is 0 Å². The maximum absolute atomic E-state index is 12.6. The molecule has 0 saturated heterocycles. The molecule has 0 radical (unpaired) electrons. The van der Waals surface area contributed by atoms with Crippen molar-refractivity contribution in [1.82, 2.24) is 0 Å². The summed E-state index contributed by atoms with van der Waals surface area (Å²) < 4.78 is 12.6. The second kappa shape index (κ2) is 5.52. The molecular weight excluding hydrogens is 209 g/mol. The van der Waals surface area contributed by atoms with Crippen LogP contribution in [0.5, 0.6) is 0 Å². The molecule has 0 spiro atoms. The monoisotopic (exact) mass is 227 g/mol. The minimum Gasteiger partial charge on any atom is -0.330 e. The van der Waals surface area contributed by atoms with Gasteiger partial charge in [0.25, 0.3) is 0 Å². The van der Waals surface area contributed by atoms with E-state index in [1.54, 1.807) is 11.8 Å². The normalized spacial score (nSPS) is 11.7. The highest BCUT2D eigenvalue weighted by Gasteiger charge is 2.14. The van der Waals surface area contributed by atoms with Crippen LogP contribution in [0.15, 0.2) is 29.2 Å². The van der Waals surface area contributed by atoms with Crippen molar-refractivity contribution in [3.05, 3.63) is 30.1 Å². The summed E-state index contributed by atoms with van der Waals surface area (Å²) in [6.07, 6.45) is 1.07. The molecule has 1 nitrogen and oxygen atoms in total. The molecule has 0 fully saturated rings. The number of halogens is 1. The zero-order chi connectivity index (χ0) is 11.3. The highest BCUT2D eigenvalue weighted by molar-refractivity contribution is 7.99. The topological polar surface area (TPSA) is 26.0 Å². The molecule has 1 aromatic rings. The average Bonchev–Trinajstić information content (AvgIpc) is 2.21. The Bertz CT molecular complexity index is 295. The molecule has 3 heteroatoms. The van der Waals surface area contributed by atoms with Crippen molar-refractivity contribution < 1.29 is 4.39 Å². The van der Waals surface area contributed by atoms with E-state index in [9.17, 15) is 4.39 Å².